The Hall–Kier alpha value is -1.38. The molecule has 0 saturated carbocycles. The molecule has 0 spiro atoms. The van der Waals surface area contributed by atoms with Crippen molar-refractivity contribution in [3.05, 3.63) is 59.7 Å². The van der Waals surface area contributed by atoms with Crippen molar-refractivity contribution in [2.45, 2.75) is 70.3 Å². The molecule has 0 fully saturated rings. The van der Waals surface area contributed by atoms with Crippen LogP contribution in [-0.2, 0) is 16.8 Å². The van der Waals surface area contributed by atoms with Crippen LogP contribution in [0.2, 0.25) is 0 Å². The Bertz CT molecular complexity index is 530. The number of hydrogen-bond donors (Lipinski definition) is 1. The molecule has 2 heteroatoms. The van der Waals surface area contributed by atoms with Crippen molar-refractivity contribution in [3.63, 3.8) is 0 Å². The highest BCUT2D eigenvalue weighted by Crippen LogP contribution is 2.34. The lowest BCUT2D eigenvalue weighted by Gasteiger charge is -2.32. The van der Waals surface area contributed by atoms with E-state index in [9.17, 15) is 0 Å². The highest BCUT2D eigenvalue weighted by molar-refractivity contribution is 5.34. The first-order chi connectivity index (χ1) is 12.3. The molecule has 0 heterocycles. The van der Waals surface area contributed by atoms with Crippen LogP contribution in [0.5, 0.6) is 0 Å². The van der Waals surface area contributed by atoms with E-state index < -0.39 is 0 Å². The normalized spacial score (nSPS) is 19.4. The Morgan fingerprint density at radius 2 is 1.76 bits per heavy atom. The number of aliphatic hydroxyl groups excluding tert-OH is 1. The van der Waals surface area contributed by atoms with Crippen molar-refractivity contribution >= 4 is 0 Å². The van der Waals surface area contributed by atoms with Crippen LogP contribution in [-0.4, -0.2) is 18.3 Å². The first-order valence-electron chi connectivity index (χ1n) is 9.99. The summed E-state index contributed by atoms with van der Waals surface area (Å²) in [4.78, 5) is 0. The molecule has 0 bridgehead atoms. The highest BCUT2D eigenvalue weighted by Gasteiger charge is 2.30. The third kappa shape index (κ3) is 6.45. The maximum absolute atomic E-state index is 8.86. The largest absolute Gasteiger partial charge is 0.396 e. The van der Waals surface area contributed by atoms with Crippen LogP contribution in [0, 0.1) is 0 Å². The van der Waals surface area contributed by atoms with Gasteiger partial charge in [0.15, 0.2) is 0 Å². The lowest BCUT2D eigenvalue weighted by Crippen LogP contribution is -2.28. The second-order valence-electron chi connectivity index (χ2n) is 7.02. The molecule has 2 rings (SSSR count). The topological polar surface area (TPSA) is 29.5 Å². The van der Waals surface area contributed by atoms with Crippen molar-refractivity contribution in [1.29, 1.82) is 0 Å². The van der Waals surface area contributed by atoms with Crippen molar-refractivity contribution in [1.82, 2.24) is 0 Å². The molecule has 0 saturated heterocycles. The number of ether oxygens (including phenoxy) is 1. The molecular formula is C23H34O2. The molecule has 1 N–H and O–H groups in total. The van der Waals surface area contributed by atoms with Crippen LogP contribution in [0.3, 0.4) is 0 Å². The van der Waals surface area contributed by atoms with E-state index in [1.165, 1.54) is 36.8 Å². The van der Waals surface area contributed by atoms with Gasteiger partial charge in [-0.1, -0.05) is 75.1 Å². The molecule has 1 aromatic rings. The van der Waals surface area contributed by atoms with Gasteiger partial charge in [0.2, 0.25) is 0 Å². The fraction of sp³-hybridized carbons (Fsp3) is 0.565. The van der Waals surface area contributed by atoms with E-state index in [4.69, 9.17) is 9.84 Å². The van der Waals surface area contributed by atoms with Crippen LogP contribution >= 0.6 is 0 Å². The molecule has 1 atom stereocenters. The number of hydrogen-bond acceptors (Lipinski definition) is 2. The Morgan fingerprint density at radius 3 is 2.44 bits per heavy atom. The zero-order valence-electron chi connectivity index (χ0n) is 15.8. The summed E-state index contributed by atoms with van der Waals surface area (Å²) in [7, 11) is 0. The summed E-state index contributed by atoms with van der Waals surface area (Å²) in [5.74, 6) is 0. The second-order valence-corrected chi connectivity index (χ2v) is 7.02. The molecule has 2 nitrogen and oxygen atoms in total. The SMILES string of the molecule is CCCCCc1ccc(C2(OCCCCCCO)C=CC=CC2)cc1. The zero-order chi connectivity index (χ0) is 17.8. The Kier molecular flexibility index (Phi) is 8.99. The van der Waals surface area contributed by atoms with Crippen LogP contribution in [0.25, 0.3) is 0 Å². The number of aryl methyl sites for hydroxylation is 1. The van der Waals surface area contributed by atoms with Crippen molar-refractivity contribution < 1.29 is 9.84 Å². The van der Waals surface area contributed by atoms with Crippen molar-refractivity contribution in [2.75, 3.05) is 13.2 Å². The molecule has 25 heavy (non-hydrogen) atoms. The zero-order valence-corrected chi connectivity index (χ0v) is 15.8. The Balaban J connectivity index is 1.94. The van der Waals surface area contributed by atoms with Gasteiger partial charge in [0.1, 0.15) is 5.60 Å². The minimum absolute atomic E-state index is 0.295. The number of allylic oxidation sites excluding steroid dienone is 2. The van der Waals surface area contributed by atoms with Crippen LogP contribution in [0.15, 0.2) is 48.6 Å². The van der Waals surface area contributed by atoms with E-state index in [0.717, 1.165) is 38.7 Å². The summed E-state index contributed by atoms with van der Waals surface area (Å²) in [6, 6.07) is 9.03. The predicted molar refractivity (Wildman–Crippen MR) is 106 cm³/mol. The van der Waals surface area contributed by atoms with Gasteiger partial charge >= 0.3 is 0 Å². The molecule has 138 valence electrons. The average molecular weight is 343 g/mol. The number of benzene rings is 1. The first-order valence-corrected chi connectivity index (χ1v) is 9.99. The lowest BCUT2D eigenvalue weighted by atomic mass is 9.86. The van der Waals surface area contributed by atoms with Gasteiger partial charge in [0.25, 0.3) is 0 Å². The monoisotopic (exact) mass is 342 g/mol. The van der Waals surface area contributed by atoms with Crippen LogP contribution < -0.4 is 0 Å². The van der Waals surface area contributed by atoms with Crippen molar-refractivity contribution in [2.24, 2.45) is 0 Å². The molecule has 0 radical (unpaired) electrons. The standard InChI is InChI=1S/C23H34O2/c1-2-3-7-12-21-13-15-22(16-14-21)23(17-8-6-9-18-23)25-20-11-5-4-10-19-24/h6,8-9,13-17,24H,2-5,7,10-12,18-20H2,1H3. The van der Waals surface area contributed by atoms with Gasteiger partial charge in [-0.25, -0.2) is 0 Å². The van der Waals surface area contributed by atoms with E-state index in [-0.39, 0.29) is 5.60 Å². The fourth-order valence-electron chi connectivity index (χ4n) is 3.36. The highest BCUT2D eigenvalue weighted by atomic mass is 16.5. The summed E-state index contributed by atoms with van der Waals surface area (Å²) in [6.07, 6.45) is 18.7. The van der Waals surface area contributed by atoms with Crippen LogP contribution in [0.1, 0.15) is 69.4 Å². The van der Waals surface area contributed by atoms with Gasteiger partial charge in [-0.05, 0) is 42.9 Å². The molecule has 1 aliphatic carbocycles. The lowest BCUT2D eigenvalue weighted by molar-refractivity contribution is -0.0132. The maximum atomic E-state index is 8.86. The van der Waals surface area contributed by atoms with Gasteiger partial charge in [-0.2, -0.15) is 0 Å². The van der Waals surface area contributed by atoms with Gasteiger partial charge in [0, 0.05) is 19.6 Å². The third-order valence-electron chi connectivity index (χ3n) is 4.96. The predicted octanol–water partition coefficient (Wildman–Crippen LogP) is 5.70. The van der Waals surface area contributed by atoms with Gasteiger partial charge in [0.05, 0.1) is 0 Å². The summed E-state index contributed by atoms with van der Waals surface area (Å²) in [5, 5.41) is 8.86. The summed E-state index contributed by atoms with van der Waals surface area (Å²) in [5.41, 5.74) is 2.36. The molecule has 0 amide bonds. The summed E-state index contributed by atoms with van der Waals surface area (Å²) >= 11 is 0. The van der Waals surface area contributed by atoms with Gasteiger partial charge in [-0.3, -0.25) is 0 Å². The molecule has 1 unspecified atom stereocenters. The van der Waals surface area contributed by atoms with Crippen molar-refractivity contribution in [3.8, 4) is 0 Å². The Morgan fingerprint density at radius 1 is 0.960 bits per heavy atom. The minimum atomic E-state index is -0.312. The summed E-state index contributed by atoms with van der Waals surface area (Å²) < 4.78 is 6.37. The van der Waals surface area contributed by atoms with E-state index in [1.807, 2.05) is 0 Å². The molecule has 1 aliphatic rings. The molecule has 0 aliphatic heterocycles. The van der Waals surface area contributed by atoms with E-state index in [0.29, 0.717) is 6.61 Å². The second kappa shape index (κ2) is 11.3. The minimum Gasteiger partial charge on any atom is -0.396 e. The number of unbranched alkanes of at least 4 members (excludes halogenated alkanes) is 5. The van der Waals surface area contributed by atoms with Gasteiger partial charge in [-0.15, -0.1) is 0 Å². The molecule has 1 aromatic carbocycles. The quantitative estimate of drug-likeness (QED) is 0.494. The van der Waals surface area contributed by atoms with E-state index in [2.05, 4.69) is 55.5 Å². The fourth-order valence-corrected chi connectivity index (χ4v) is 3.36. The average Bonchev–Trinajstić information content (AvgIpc) is 2.66. The number of rotatable bonds is 12. The van der Waals surface area contributed by atoms with E-state index >= 15 is 0 Å². The van der Waals surface area contributed by atoms with Gasteiger partial charge < -0.3 is 9.84 Å². The maximum Gasteiger partial charge on any atom is 0.115 e. The smallest absolute Gasteiger partial charge is 0.115 e. The molecule has 0 aromatic heterocycles. The number of aliphatic hydroxyl groups is 1. The first kappa shape index (κ1) is 19.9. The summed E-state index contributed by atoms with van der Waals surface area (Å²) in [6.45, 7) is 3.31. The Labute approximate surface area is 153 Å². The third-order valence-corrected chi connectivity index (χ3v) is 4.96. The van der Waals surface area contributed by atoms with Crippen LogP contribution in [0.4, 0.5) is 0 Å². The van der Waals surface area contributed by atoms with E-state index in [1.54, 1.807) is 0 Å². The molecular weight excluding hydrogens is 308 g/mol.